The predicted molar refractivity (Wildman–Crippen MR) is 63.4 cm³/mol. The lowest BCUT2D eigenvalue weighted by molar-refractivity contribution is 0.0511. The summed E-state index contributed by atoms with van der Waals surface area (Å²) in [7, 11) is 0. The van der Waals surface area contributed by atoms with Crippen LogP contribution in [0, 0.1) is 5.41 Å². The summed E-state index contributed by atoms with van der Waals surface area (Å²) in [6.07, 6.45) is 4.95. The lowest BCUT2D eigenvalue weighted by Gasteiger charge is -2.34. The molecule has 1 aliphatic carbocycles. The SMILES string of the molecule is O=C(c1ccccc1)C1(CO)CCCCC1. The number of aliphatic hydroxyl groups excluding tert-OH is 1. The van der Waals surface area contributed by atoms with Gasteiger partial charge in [0.15, 0.2) is 5.78 Å². The number of hydrogen-bond acceptors (Lipinski definition) is 2. The van der Waals surface area contributed by atoms with E-state index in [-0.39, 0.29) is 12.4 Å². The highest BCUT2D eigenvalue weighted by Crippen LogP contribution is 2.38. The molecule has 1 aromatic carbocycles. The Labute approximate surface area is 96.3 Å². The van der Waals surface area contributed by atoms with Crippen molar-refractivity contribution in [3.63, 3.8) is 0 Å². The van der Waals surface area contributed by atoms with Gasteiger partial charge in [0.1, 0.15) is 0 Å². The second-order valence-electron chi connectivity index (χ2n) is 4.69. The minimum absolute atomic E-state index is 0.0132. The fourth-order valence-corrected chi connectivity index (χ4v) is 2.58. The Kier molecular flexibility index (Phi) is 3.39. The second-order valence-corrected chi connectivity index (χ2v) is 4.69. The number of aliphatic hydroxyl groups is 1. The average Bonchev–Trinajstić information content (AvgIpc) is 2.39. The molecule has 2 rings (SSSR count). The predicted octanol–water partition coefficient (Wildman–Crippen LogP) is 2.81. The molecule has 2 nitrogen and oxygen atoms in total. The molecule has 1 saturated carbocycles. The number of carbonyl (C=O) groups is 1. The van der Waals surface area contributed by atoms with Gasteiger partial charge in [-0.3, -0.25) is 4.79 Å². The number of carbonyl (C=O) groups excluding carboxylic acids is 1. The molecule has 16 heavy (non-hydrogen) atoms. The number of hydrogen-bond donors (Lipinski definition) is 1. The van der Waals surface area contributed by atoms with Gasteiger partial charge in [-0.05, 0) is 12.8 Å². The molecule has 0 aliphatic heterocycles. The Balaban J connectivity index is 2.24. The summed E-state index contributed by atoms with van der Waals surface area (Å²) in [5.74, 6) is 0.121. The Morgan fingerprint density at radius 1 is 1.12 bits per heavy atom. The van der Waals surface area contributed by atoms with Gasteiger partial charge >= 0.3 is 0 Å². The summed E-state index contributed by atoms with van der Waals surface area (Å²) in [6, 6.07) is 9.34. The molecule has 0 heterocycles. The molecule has 0 atom stereocenters. The fraction of sp³-hybridized carbons (Fsp3) is 0.500. The highest BCUT2D eigenvalue weighted by molar-refractivity contribution is 6.00. The van der Waals surface area contributed by atoms with Crippen LogP contribution in [0.4, 0.5) is 0 Å². The van der Waals surface area contributed by atoms with Crippen LogP contribution in [0.25, 0.3) is 0 Å². The summed E-state index contributed by atoms with van der Waals surface area (Å²) in [4.78, 5) is 12.4. The van der Waals surface area contributed by atoms with Crippen molar-refractivity contribution >= 4 is 5.78 Å². The molecule has 1 fully saturated rings. The van der Waals surface area contributed by atoms with Crippen molar-refractivity contribution in [3.8, 4) is 0 Å². The Hall–Kier alpha value is -1.15. The number of ketones is 1. The summed E-state index contributed by atoms with van der Waals surface area (Å²) < 4.78 is 0. The van der Waals surface area contributed by atoms with Crippen LogP contribution in [0.1, 0.15) is 42.5 Å². The van der Waals surface area contributed by atoms with Gasteiger partial charge in [0.2, 0.25) is 0 Å². The van der Waals surface area contributed by atoms with Crippen molar-refractivity contribution in [1.82, 2.24) is 0 Å². The zero-order valence-corrected chi connectivity index (χ0v) is 9.48. The molecule has 2 heteroatoms. The maximum absolute atomic E-state index is 12.4. The third kappa shape index (κ3) is 2.03. The number of benzene rings is 1. The first-order valence-corrected chi connectivity index (χ1v) is 5.99. The summed E-state index contributed by atoms with van der Waals surface area (Å²) in [5.41, 5.74) is 0.234. The highest BCUT2D eigenvalue weighted by Gasteiger charge is 2.38. The van der Waals surface area contributed by atoms with Crippen LogP contribution >= 0.6 is 0 Å². The molecule has 1 aromatic rings. The van der Waals surface area contributed by atoms with Crippen LogP contribution in [0.15, 0.2) is 30.3 Å². The minimum Gasteiger partial charge on any atom is -0.395 e. The normalized spacial score (nSPS) is 19.3. The average molecular weight is 218 g/mol. The molecule has 0 spiro atoms. The first-order valence-electron chi connectivity index (χ1n) is 5.99. The summed E-state index contributed by atoms with van der Waals surface area (Å²) >= 11 is 0. The largest absolute Gasteiger partial charge is 0.395 e. The molecular weight excluding hydrogens is 200 g/mol. The smallest absolute Gasteiger partial charge is 0.171 e. The van der Waals surface area contributed by atoms with E-state index in [2.05, 4.69) is 0 Å². The number of rotatable bonds is 3. The molecule has 0 aromatic heterocycles. The van der Waals surface area contributed by atoms with E-state index in [0.717, 1.165) is 31.2 Å². The molecular formula is C14H18O2. The molecule has 86 valence electrons. The van der Waals surface area contributed by atoms with Crippen molar-refractivity contribution < 1.29 is 9.90 Å². The summed E-state index contributed by atoms with van der Waals surface area (Å²) in [5, 5.41) is 9.55. The van der Waals surface area contributed by atoms with Gasteiger partial charge < -0.3 is 5.11 Å². The van der Waals surface area contributed by atoms with Crippen LogP contribution in [0.2, 0.25) is 0 Å². The van der Waals surface area contributed by atoms with Gasteiger partial charge in [-0.1, -0.05) is 49.6 Å². The zero-order valence-electron chi connectivity index (χ0n) is 9.48. The first-order chi connectivity index (χ1) is 7.78. The van der Waals surface area contributed by atoms with E-state index in [4.69, 9.17) is 0 Å². The van der Waals surface area contributed by atoms with Crippen LogP contribution in [0.5, 0.6) is 0 Å². The molecule has 1 aliphatic rings. The van der Waals surface area contributed by atoms with Crippen LogP contribution in [0.3, 0.4) is 0 Å². The molecule has 0 saturated heterocycles. The lowest BCUT2D eigenvalue weighted by atomic mass is 9.70. The van der Waals surface area contributed by atoms with Gasteiger partial charge in [0.25, 0.3) is 0 Å². The molecule has 0 unspecified atom stereocenters. The van der Waals surface area contributed by atoms with Gasteiger partial charge in [0.05, 0.1) is 12.0 Å². The fourth-order valence-electron chi connectivity index (χ4n) is 2.58. The topological polar surface area (TPSA) is 37.3 Å². The monoisotopic (exact) mass is 218 g/mol. The van der Waals surface area contributed by atoms with E-state index < -0.39 is 5.41 Å². The van der Waals surface area contributed by atoms with Crippen LogP contribution in [-0.2, 0) is 0 Å². The van der Waals surface area contributed by atoms with Crippen molar-refractivity contribution in [3.05, 3.63) is 35.9 Å². The van der Waals surface area contributed by atoms with Crippen molar-refractivity contribution in [2.45, 2.75) is 32.1 Å². The van der Waals surface area contributed by atoms with Crippen LogP contribution < -0.4 is 0 Å². The molecule has 0 radical (unpaired) electrons. The number of Topliss-reactive ketones (excluding diaryl/α,β-unsaturated/α-hetero) is 1. The van der Waals surface area contributed by atoms with Gasteiger partial charge in [0, 0.05) is 5.56 Å². The van der Waals surface area contributed by atoms with E-state index in [1.165, 1.54) is 6.42 Å². The van der Waals surface area contributed by atoms with Gasteiger partial charge in [-0.2, -0.15) is 0 Å². The second kappa shape index (κ2) is 4.79. The first kappa shape index (κ1) is 11.3. The Bertz CT molecular complexity index is 350. The Morgan fingerprint density at radius 2 is 1.75 bits per heavy atom. The van der Waals surface area contributed by atoms with E-state index in [1.54, 1.807) is 0 Å². The van der Waals surface area contributed by atoms with Crippen LogP contribution in [-0.4, -0.2) is 17.5 Å². The molecule has 0 amide bonds. The van der Waals surface area contributed by atoms with E-state index >= 15 is 0 Å². The maximum Gasteiger partial charge on any atom is 0.171 e. The molecule has 0 bridgehead atoms. The van der Waals surface area contributed by atoms with Crippen molar-refractivity contribution in [1.29, 1.82) is 0 Å². The van der Waals surface area contributed by atoms with Gasteiger partial charge in [-0.25, -0.2) is 0 Å². The summed E-state index contributed by atoms with van der Waals surface area (Å²) in [6.45, 7) is -0.0132. The minimum atomic E-state index is -0.500. The zero-order chi connectivity index (χ0) is 11.4. The standard InChI is InChI=1S/C14H18O2/c15-11-14(9-5-2-6-10-14)13(16)12-7-3-1-4-8-12/h1,3-4,7-8,15H,2,5-6,9-11H2. The van der Waals surface area contributed by atoms with Gasteiger partial charge in [-0.15, -0.1) is 0 Å². The van der Waals surface area contributed by atoms with E-state index in [0.29, 0.717) is 0 Å². The lowest BCUT2D eigenvalue weighted by Crippen LogP contribution is -2.37. The van der Waals surface area contributed by atoms with Crippen molar-refractivity contribution in [2.75, 3.05) is 6.61 Å². The third-order valence-corrected chi connectivity index (χ3v) is 3.63. The Morgan fingerprint density at radius 3 is 2.31 bits per heavy atom. The van der Waals surface area contributed by atoms with E-state index in [9.17, 15) is 9.90 Å². The quantitative estimate of drug-likeness (QED) is 0.792. The van der Waals surface area contributed by atoms with Crippen molar-refractivity contribution in [2.24, 2.45) is 5.41 Å². The highest BCUT2D eigenvalue weighted by atomic mass is 16.3. The van der Waals surface area contributed by atoms with E-state index in [1.807, 2.05) is 30.3 Å². The maximum atomic E-state index is 12.4. The third-order valence-electron chi connectivity index (χ3n) is 3.63. The molecule has 1 N–H and O–H groups in total.